The van der Waals surface area contributed by atoms with E-state index in [4.69, 9.17) is 5.26 Å². The Balaban J connectivity index is 2.30. The molecule has 0 N–H and O–H groups in total. The van der Waals surface area contributed by atoms with Gasteiger partial charge in [-0.05, 0) is 18.8 Å². The maximum absolute atomic E-state index is 11.9. The van der Waals surface area contributed by atoms with Crippen molar-refractivity contribution < 1.29 is 8.78 Å². The van der Waals surface area contributed by atoms with E-state index < -0.39 is 12.3 Å². The molecular formula is C7H9F2N. The van der Waals surface area contributed by atoms with Crippen molar-refractivity contribution >= 4 is 0 Å². The largest absolute Gasteiger partial charge is 0.241 e. The second-order valence-electron chi connectivity index (χ2n) is 2.70. The fraction of sp³-hybridized carbons (Fsp3) is 0.857. The van der Waals surface area contributed by atoms with Crippen LogP contribution in [0.4, 0.5) is 8.78 Å². The van der Waals surface area contributed by atoms with Crippen LogP contribution in [0.5, 0.6) is 0 Å². The van der Waals surface area contributed by atoms with E-state index in [-0.39, 0.29) is 5.92 Å². The monoisotopic (exact) mass is 145 g/mol. The van der Waals surface area contributed by atoms with Gasteiger partial charge in [-0.2, -0.15) is 5.26 Å². The lowest BCUT2D eigenvalue weighted by Crippen LogP contribution is -2.31. The van der Waals surface area contributed by atoms with Crippen LogP contribution in [0.1, 0.15) is 19.3 Å². The third-order valence-corrected chi connectivity index (χ3v) is 2.15. The molecule has 0 spiro atoms. The molecule has 1 rings (SSSR count). The molecule has 0 bridgehead atoms. The molecule has 1 saturated carbocycles. The van der Waals surface area contributed by atoms with E-state index in [1.54, 1.807) is 0 Å². The molecule has 1 aliphatic rings. The molecule has 2 atom stereocenters. The van der Waals surface area contributed by atoms with Gasteiger partial charge in [-0.3, -0.25) is 0 Å². The van der Waals surface area contributed by atoms with Crippen LogP contribution in [0, 0.1) is 23.2 Å². The van der Waals surface area contributed by atoms with Gasteiger partial charge in [0, 0.05) is 12.3 Å². The van der Waals surface area contributed by atoms with Gasteiger partial charge in [0.15, 0.2) is 0 Å². The molecule has 1 aliphatic carbocycles. The molecular weight excluding hydrogens is 136 g/mol. The fourth-order valence-electron chi connectivity index (χ4n) is 1.30. The topological polar surface area (TPSA) is 23.8 Å². The third kappa shape index (κ3) is 1.26. The summed E-state index contributed by atoms with van der Waals surface area (Å²) in [6.07, 6.45) is -0.506. The van der Waals surface area contributed by atoms with Crippen molar-refractivity contribution in [3.8, 4) is 6.07 Å². The highest BCUT2D eigenvalue weighted by Gasteiger charge is 2.36. The smallest absolute Gasteiger partial charge is 0.210 e. The predicted molar refractivity (Wildman–Crippen MR) is 32.4 cm³/mol. The van der Waals surface area contributed by atoms with Crippen LogP contribution in [-0.2, 0) is 0 Å². The molecule has 0 aromatic rings. The predicted octanol–water partition coefficient (Wildman–Crippen LogP) is 2.19. The summed E-state index contributed by atoms with van der Waals surface area (Å²) in [5.74, 6) is -0.510. The van der Waals surface area contributed by atoms with Crippen molar-refractivity contribution in [2.24, 2.45) is 11.8 Å². The molecule has 1 fully saturated rings. The maximum atomic E-state index is 11.9. The number of nitriles is 1. The zero-order chi connectivity index (χ0) is 7.56. The van der Waals surface area contributed by atoms with Gasteiger partial charge in [0.1, 0.15) is 0 Å². The molecule has 56 valence electrons. The number of rotatable bonds is 2. The van der Waals surface area contributed by atoms with Crippen LogP contribution in [-0.4, -0.2) is 6.43 Å². The Morgan fingerprint density at radius 3 is 2.50 bits per heavy atom. The second-order valence-corrected chi connectivity index (χ2v) is 2.70. The van der Waals surface area contributed by atoms with Gasteiger partial charge in [-0.1, -0.05) is 0 Å². The van der Waals surface area contributed by atoms with Crippen LogP contribution in [0.2, 0.25) is 0 Å². The number of alkyl halides is 2. The van der Waals surface area contributed by atoms with Crippen molar-refractivity contribution in [1.82, 2.24) is 0 Å². The highest BCUT2D eigenvalue weighted by atomic mass is 19.3. The Morgan fingerprint density at radius 2 is 2.20 bits per heavy atom. The van der Waals surface area contributed by atoms with Crippen LogP contribution in [0.3, 0.4) is 0 Å². The van der Waals surface area contributed by atoms with E-state index in [0.717, 1.165) is 6.42 Å². The molecule has 0 amide bonds. The van der Waals surface area contributed by atoms with Crippen molar-refractivity contribution in [2.75, 3.05) is 0 Å². The minimum Gasteiger partial charge on any atom is -0.210 e. The van der Waals surface area contributed by atoms with Gasteiger partial charge in [0.25, 0.3) is 0 Å². The van der Waals surface area contributed by atoms with Crippen molar-refractivity contribution in [1.29, 1.82) is 5.26 Å². The summed E-state index contributed by atoms with van der Waals surface area (Å²) in [6.45, 7) is 0. The van der Waals surface area contributed by atoms with E-state index in [2.05, 4.69) is 0 Å². The van der Waals surface area contributed by atoms with Gasteiger partial charge in [0.05, 0.1) is 6.07 Å². The zero-order valence-corrected chi connectivity index (χ0v) is 5.56. The van der Waals surface area contributed by atoms with E-state index in [9.17, 15) is 8.78 Å². The van der Waals surface area contributed by atoms with Crippen LogP contribution in [0.25, 0.3) is 0 Å². The second kappa shape index (κ2) is 2.96. The molecule has 1 nitrogen and oxygen atoms in total. The Kier molecular flexibility index (Phi) is 2.21. The van der Waals surface area contributed by atoms with Crippen LogP contribution in [0.15, 0.2) is 0 Å². The molecule has 10 heavy (non-hydrogen) atoms. The van der Waals surface area contributed by atoms with Gasteiger partial charge in [0.2, 0.25) is 6.43 Å². The van der Waals surface area contributed by atoms with Crippen molar-refractivity contribution in [3.05, 3.63) is 0 Å². The first-order chi connectivity index (χ1) is 4.75. The van der Waals surface area contributed by atoms with E-state index in [0.29, 0.717) is 12.8 Å². The first-order valence-electron chi connectivity index (χ1n) is 3.41. The average Bonchev–Trinajstić information content (AvgIpc) is 1.78. The number of nitrogens with zero attached hydrogens (tertiary/aromatic N) is 1. The summed E-state index contributed by atoms with van der Waals surface area (Å²) in [6, 6.07) is 1.92. The minimum absolute atomic E-state index is 0.0231. The quantitative estimate of drug-likeness (QED) is 0.584. The minimum atomic E-state index is -2.22. The molecule has 3 heteroatoms. The fourth-order valence-corrected chi connectivity index (χ4v) is 1.30. The first-order valence-corrected chi connectivity index (χ1v) is 3.41. The van der Waals surface area contributed by atoms with Gasteiger partial charge < -0.3 is 0 Å². The summed E-state index contributed by atoms with van der Waals surface area (Å²) >= 11 is 0. The first kappa shape index (κ1) is 7.46. The Hall–Kier alpha value is -0.650. The highest BCUT2D eigenvalue weighted by molar-refractivity contribution is 4.88. The Labute approximate surface area is 58.6 Å². The standard InChI is InChI=1S/C7H9F2N/c8-7(9)6-2-1-5(6)3-4-10/h5-7H,1-3H2. The lowest BCUT2D eigenvalue weighted by molar-refractivity contribution is -0.00978. The molecule has 0 aromatic heterocycles. The van der Waals surface area contributed by atoms with E-state index in [1.807, 2.05) is 6.07 Å². The number of hydrogen-bond donors (Lipinski definition) is 0. The number of halogens is 2. The molecule has 0 saturated heterocycles. The average molecular weight is 145 g/mol. The Bertz CT molecular complexity index is 150. The lowest BCUT2D eigenvalue weighted by atomic mass is 9.72. The van der Waals surface area contributed by atoms with Gasteiger partial charge in [-0.15, -0.1) is 0 Å². The summed E-state index contributed by atoms with van der Waals surface area (Å²) < 4.78 is 23.9. The van der Waals surface area contributed by atoms with Crippen LogP contribution < -0.4 is 0 Å². The molecule has 0 heterocycles. The van der Waals surface area contributed by atoms with E-state index in [1.165, 1.54) is 0 Å². The highest BCUT2D eigenvalue weighted by Crippen LogP contribution is 2.40. The van der Waals surface area contributed by atoms with E-state index >= 15 is 0 Å². The normalized spacial score (nSPS) is 31.4. The summed E-state index contributed by atoms with van der Waals surface area (Å²) in [5.41, 5.74) is 0. The zero-order valence-electron chi connectivity index (χ0n) is 5.56. The van der Waals surface area contributed by atoms with Crippen molar-refractivity contribution in [2.45, 2.75) is 25.7 Å². The lowest BCUT2D eigenvalue weighted by Gasteiger charge is -2.34. The third-order valence-electron chi connectivity index (χ3n) is 2.15. The Morgan fingerprint density at radius 1 is 1.50 bits per heavy atom. The van der Waals surface area contributed by atoms with Gasteiger partial charge in [-0.25, -0.2) is 8.78 Å². The maximum Gasteiger partial charge on any atom is 0.241 e. The molecule has 0 aliphatic heterocycles. The molecule has 0 radical (unpaired) electrons. The number of hydrogen-bond acceptors (Lipinski definition) is 1. The summed E-state index contributed by atoms with van der Waals surface area (Å²) in [7, 11) is 0. The molecule has 2 unspecified atom stereocenters. The van der Waals surface area contributed by atoms with Crippen LogP contribution >= 0.6 is 0 Å². The summed E-state index contributed by atoms with van der Waals surface area (Å²) in [4.78, 5) is 0. The SMILES string of the molecule is N#CCC1CCC1C(F)F. The molecule has 0 aromatic carbocycles. The van der Waals surface area contributed by atoms with Crippen molar-refractivity contribution in [3.63, 3.8) is 0 Å². The van der Waals surface area contributed by atoms with Gasteiger partial charge >= 0.3 is 0 Å². The summed E-state index contributed by atoms with van der Waals surface area (Å²) in [5, 5.41) is 8.21.